The third-order valence-electron chi connectivity index (χ3n) is 3.77. The van der Waals surface area contributed by atoms with Crippen LogP contribution in [0.3, 0.4) is 0 Å². The summed E-state index contributed by atoms with van der Waals surface area (Å²) in [4.78, 5) is 24.9. The summed E-state index contributed by atoms with van der Waals surface area (Å²) < 4.78 is 5.90. The molecule has 1 aromatic rings. The fourth-order valence-electron chi connectivity index (χ4n) is 2.73. The van der Waals surface area contributed by atoms with Crippen molar-refractivity contribution in [1.82, 2.24) is 15.5 Å². The minimum atomic E-state index is -0.396. The second-order valence-electron chi connectivity index (χ2n) is 5.22. The zero-order valence-electron chi connectivity index (χ0n) is 11.6. The average Bonchev–Trinajstić information content (AvgIpc) is 2.69. The smallest absolute Gasteiger partial charge is 0.324 e. The topological polar surface area (TPSA) is 70.7 Å². The lowest BCUT2D eigenvalue weighted by Gasteiger charge is -2.31. The van der Waals surface area contributed by atoms with Crippen molar-refractivity contribution in [3.63, 3.8) is 0 Å². The van der Waals surface area contributed by atoms with Crippen LogP contribution in [0.25, 0.3) is 0 Å². The highest BCUT2D eigenvalue weighted by Gasteiger charge is 2.39. The minimum absolute atomic E-state index is 0.0341. The second kappa shape index (κ2) is 6.42. The van der Waals surface area contributed by atoms with E-state index in [1.165, 1.54) is 4.90 Å². The number of hydrogen-bond donors (Lipinski definition) is 2. The lowest BCUT2D eigenvalue weighted by atomic mass is 10.0. The predicted octanol–water partition coefficient (Wildman–Crippen LogP) is 1.57. The van der Waals surface area contributed by atoms with Crippen LogP contribution in [0.1, 0.15) is 11.7 Å². The number of carbonyl (C=O) groups is 2. The summed E-state index contributed by atoms with van der Waals surface area (Å²) in [7, 11) is 0. The zero-order valence-corrected chi connectivity index (χ0v) is 13.2. The van der Waals surface area contributed by atoms with Crippen LogP contribution in [0.4, 0.5) is 4.79 Å². The maximum atomic E-state index is 12.0. The molecule has 2 N–H and O–H groups in total. The van der Waals surface area contributed by atoms with E-state index in [9.17, 15) is 9.59 Å². The minimum Gasteiger partial charge on any atom is -0.370 e. The second-order valence-corrected chi connectivity index (χ2v) is 6.03. The number of carbonyl (C=O) groups excluding carboxylic acids is 2. The number of ether oxygens (including phenoxy) is 1. The van der Waals surface area contributed by atoms with E-state index >= 15 is 0 Å². The molecule has 0 bridgehead atoms. The molecule has 2 fully saturated rings. The molecule has 2 saturated heterocycles. The molecule has 6 nitrogen and oxygen atoms in total. The fraction of sp³-hybridized carbons (Fsp3) is 0.429. The molecule has 22 heavy (non-hydrogen) atoms. The maximum absolute atomic E-state index is 12.0. The van der Waals surface area contributed by atoms with Crippen molar-refractivity contribution < 1.29 is 14.3 Å². The molecule has 0 aliphatic carbocycles. The highest BCUT2D eigenvalue weighted by Crippen LogP contribution is 2.31. The summed E-state index contributed by atoms with van der Waals surface area (Å²) >= 11 is 12.0. The van der Waals surface area contributed by atoms with Crippen molar-refractivity contribution in [2.24, 2.45) is 0 Å². The van der Waals surface area contributed by atoms with Gasteiger partial charge in [-0.3, -0.25) is 10.1 Å². The molecule has 0 unspecified atom stereocenters. The lowest BCUT2D eigenvalue weighted by molar-refractivity contribution is -0.118. The first-order valence-corrected chi connectivity index (χ1v) is 7.69. The first-order chi connectivity index (χ1) is 10.6. The van der Waals surface area contributed by atoms with Crippen LogP contribution in [-0.4, -0.2) is 49.1 Å². The molecule has 0 saturated carbocycles. The van der Waals surface area contributed by atoms with Crippen LogP contribution < -0.4 is 10.6 Å². The van der Waals surface area contributed by atoms with Gasteiger partial charge in [-0.25, -0.2) is 4.79 Å². The largest absolute Gasteiger partial charge is 0.370 e. The summed E-state index contributed by atoms with van der Waals surface area (Å²) in [6.07, 6.45) is -0.374. The van der Waals surface area contributed by atoms with E-state index in [4.69, 9.17) is 27.9 Å². The Balaban J connectivity index is 1.92. The van der Waals surface area contributed by atoms with Gasteiger partial charge in [0.1, 0.15) is 12.6 Å². The number of urea groups is 1. The molecule has 1 aromatic carbocycles. The monoisotopic (exact) mass is 343 g/mol. The summed E-state index contributed by atoms with van der Waals surface area (Å²) in [5.41, 5.74) is 0.829. The van der Waals surface area contributed by atoms with Crippen LogP contribution in [0.2, 0.25) is 10.0 Å². The number of benzene rings is 1. The molecule has 118 valence electrons. The number of nitrogens with zero attached hydrogens (tertiary/aromatic N) is 1. The van der Waals surface area contributed by atoms with Gasteiger partial charge >= 0.3 is 6.03 Å². The van der Waals surface area contributed by atoms with Gasteiger partial charge in [-0.05, 0) is 17.7 Å². The Morgan fingerprint density at radius 1 is 1.23 bits per heavy atom. The Bertz CT molecular complexity index is 611. The van der Waals surface area contributed by atoms with Gasteiger partial charge in [-0.15, -0.1) is 0 Å². The van der Waals surface area contributed by atoms with E-state index < -0.39 is 6.03 Å². The van der Waals surface area contributed by atoms with Gasteiger partial charge < -0.3 is 15.0 Å². The van der Waals surface area contributed by atoms with Gasteiger partial charge in [0, 0.05) is 13.1 Å². The van der Waals surface area contributed by atoms with Crippen molar-refractivity contribution in [2.75, 3.05) is 26.2 Å². The molecule has 2 heterocycles. The van der Waals surface area contributed by atoms with E-state index in [0.29, 0.717) is 29.7 Å². The van der Waals surface area contributed by atoms with E-state index in [1.807, 2.05) is 6.07 Å². The van der Waals surface area contributed by atoms with Crippen molar-refractivity contribution in [2.45, 2.75) is 12.1 Å². The van der Waals surface area contributed by atoms with Crippen molar-refractivity contribution in [1.29, 1.82) is 0 Å². The predicted molar refractivity (Wildman–Crippen MR) is 82.1 cm³/mol. The van der Waals surface area contributed by atoms with Gasteiger partial charge in [0.15, 0.2) is 0 Å². The number of hydrogen-bond acceptors (Lipinski definition) is 4. The Kier molecular flexibility index (Phi) is 4.54. The molecule has 0 spiro atoms. The summed E-state index contributed by atoms with van der Waals surface area (Å²) in [6, 6.07) is 4.57. The van der Waals surface area contributed by atoms with Gasteiger partial charge in [0.2, 0.25) is 5.91 Å². The van der Waals surface area contributed by atoms with Crippen molar-refractivity contribution >= 4 is 35.1 Å². The normalized spacial score (nSPS) is 26.0. The highest BCUT2D eigenvalue weighted by molar-refractivity contribution is 6.42. The first-order valence-electron chi connectivity index (χ1n) is 6.94. The van der Waals surface area contributed by atoms with Crippen LogP contribution in [0.15, 0.2) is 18.2 Å². The fourth-order valence-corrected chi connectivity index (χ4v) is 3.04. The van der Waals surface area contributed by atoms with Crippen LogP contribution in [-0.2, 0) is 9.53 Å². The SMILES string of the molecule is O=C1CN([C@@H]2CNCCO[C@H]2c2ccc(Cl)c(Cl)c2)C(=O)N1. The molecular weight excluding hydrogens is 329 g/mol. The number of amides is 3. The Morgan fingerprint density at radius 2 is 2.05 bits per heavy atom. The third-order valence-corrected chi connectivity index (χ3v) is 4.51. The zero-order chi connectivity index (χ0) is 15.7. The Labute approximate surface area is 137 Å². The quantitative estimate of drug-likeness (QED) is 0.799. The van der Waals surface area contributed by atoms with Gasteiger partial charge in [-0.1, -0.05) is 29.3 Å². The summed E-state index contributed by atoms with van der Waals surface area (Å²) in [5, 5.41) is 6.41. The lowest BCUT2D eigenvalue weighted by Crippen LogP contribution is -2.46. The average molecular weight is 344 g/mol. The number of rotatable bonds is 2. The summed E-state index contributed by atoms with van der Waals surface area (Å²) in [5.74, 6) is -0.304. The third kappa shape index (κ3) is 3.05. The molecular formula is C14H15Cl2N3O3. The van der Waals surface area contributed by atoms with E-state index in [0.717, 1.165) is 5.56 Å². The molecule has 0 aromatic heterocycles. The van der Waals surface area contributed by atoms with Crippen LogP contribution >= 0.6 is 23.2 Å². The van der Waals surface area contributed by atoms with Crippen molar-refractivity contribution in [3.05, 3.63) is 33.8 Å². The van der Waals surface area contributed by atoms with Gasteiger partial charge in [-0.2, -0.15) is 0 Å². The molecule has 2 aliphatic rings. The van der Waals surface area contributed by atoms with E-state index in [1.54, 1.807) is 12.1 Å². The molecule has 0 radical (unpaired) electrons. The maximum Gasteiger partial charge on any atom is 0.324 e. The van der Waals surface area contributed by atoms with Crippen LogP contribution in [0, 0.1) is 0 Å². The standard InChI is InChI=1S/C14H15Cl2N3O3/c15-9-2-1-8(5-10(9)16)13-11(6-17-3-4-22-13)19-7-12(20)18-14(19)21/h1-2,5,11,13,17H,3-4,6-7H2,(H,18,20,21)/t11-,13+/m1/s1. The molecule has 8 heteroatoms. The number of imide groups is 1. The highest BCUT2D eigenvalue weighted by atomic mass is 35.5. The Morgan fingerprint density at radius 3 is 2.73 bits per heavy atom. The molecule has 3 amide bonds. The van der Waals surface area contributed by atoms with E-state index in [2.05, 4.69) is 10.6 Å². The summed E-state index contributed by atoms with van der Waals surface area (Å²) in [6.45, 7) is 1.75. The molecule has 3 rings (SSSR count). The molecule has 2 aliphatic heterocycles. The number of halogens is 2. The van der Waals surface area contributed by atoms with E-state index in [-0.39, 0.29) is 24.6 Å². The van der Waals surface area contributed by atoms with Crippen LogP contribution in [0.5, 0.6) is 0 Å². The van der Waals surface area contributed by atoms with Gasteiger partial charge in [0.25, 0.3) is 0 Å². The first kappa shape index (κ1) is 15.6. The Hall–Kier alpha value is -1.34. The molecule has 2 atom stereocenters. The van der Waals surface area contributed by atoms with Crippen molar-refractivity contribution in [3.8, 4) is 0 Å². The number of nitrogens with one attached hydrogen (secondary N) is 2. The van der Waals surface area contributed by atoms with Gasteiger partial charge in [0.05, 0.1) is 22.7 Å².